The Morgan fingerprint density at radius 1 is 1.32 bits per heavy atom. The summed E-state index contributed by atoms with van der Waals surface area (Å²) in [5, 5.41) is 9.84. The van der Waals surface area contributed by atoms with E-state index in [-0.39, 0.29) is 11.9 Å². The van der Waals surface area contributed by atoms with Gasteiger partial charge >= 0.3 is 0 Å². The van der Waals surface area contributed by atoms with Crippen molar-refractivity contribution in [2.24, 2.45) is 0 Å². The van der Waals surface area contributed by atoms with E-state index in [1.54, 1.807) is 23.4 Å². The molecule has 7 nitrogen and oxygen atoms in total. The Hall–Kier alpha value is -3.19. The largest absolute Gasteiger partial charge is 0.391 e. The average molecular weight is 377 g/mol. The zero-order valence-corrected chi connectivity index (χ0v) is 15.7. The lowest BCUT2D eigenvalue weighted by atomic mass is 10.0. The van der Waals surface area contributed by atoms with Crippen molar-refractivity contribution >= 4 is 11.9 Å². The molecule has 0 spiro atoms. The fourth-order valence-electron chi connectivity index (χ4n) is 3.60. The minimum Gasteiger partial charge on any atom is -0.391 e. The number of aryl methyl sites for hydroxylation is 1. The van der Waals surface area contributed by atoms with Crippen LogP contribution in [0.15, 0.2) is 42.7 Å². The van der Waals surface area contributed by atoms with E-state index >= 15 is 0 Å². The third-order valence-electron chi connectivity index (χ3n) is 5.01. The van der Waals surface area contributed by atoms with Crippen LogP contribution in [0, 0.1) is 6.92 Å². The van der Waals surface area contributed by atoms with Crippen molar-refractivity contribution in [3.63, 3.8) is 0 Å². The Balaban J connectivity index is 1.69. The van der Waals surface area contributed by atoms with Crippen molar-refractivity contribution in [3.05, 3.63) is 54.0 Å². The molecule has 2 aromatic heterocycles. The van der Waals surface area contributed by atoms with Crippen LogP contribution in [0.5, 0.6) is 0 Å². The van der Waals surface area contributed by atoms with E-state index in [0.29, 0.717) is 24.5 Å². The number of carbonyl (C=O) groups excluding carboxylic acids is 1. The van der Waals surface area contributed by atoms with Crippen LogP contribution in [0.1, 0.15) is 28.9 Å². The van der Waals surface area contributed by atoms with E-state index in [1.165, 1.54) is 0 Å². The highest BCUT2D eigenvalue weighted by molar-refractivity contribution is 5.94. The third kappa shape index (κ3) is 3.61. The number of piperidine rings is 1. The zero-order valence-electron chi connectivity index (χ0n) is 15.7. The van der Waals surface area contributed by atoms with Crippen molar-refractivity contribution in [2.45, 2.75) is 25.9 Å². The molecule has 1 fully saturated rings. The van der Waals surface area contributed by atoms with Crippen molar-refractivity contribution in [1.82, 2.24) is 19.9 Å². The molecule has 1 saturated heterocycles. The number of nitrogens with one attached hydrogen (secondary N) is 1. The highest BCUT2D eigenvalue weighted by Gasteiger charge is 2.24. The van der Waals surface area contributed by atoms with Gasteiger partial charge in [-0.05, 0) is 31.4 Å². The van der Waals surface area contributed by atoms with E-state index in [0.717, 1.165) is 35.1 Å². The summed E-state index contributed by atoms with van der Waals surface area (Å²) < 4.78 is 0. The molecule has 0 radical (unpaired) electrons. The normalized spacial score (nSPS) is 16.9. The standard InChI is InChI=1S/C21H23N5O2/c1-13-4-2-5-14(8-13)17-11-24-21(22)25-19(17)15-9-18(23-10-15)20(28)26-7-3-6-16(27)12-26/h2,4-5,8-11,16,23,27H,3,6-7,12H2,1H3,(H2,22,24,25). The fourth-order valence-corrected chi connectivity index (χ4v) is 3.60. The highest BCUT2D eigenvalue weighted by Crippen LogP contribution is 2.31. The molecule has 3 aromatic rings. The Morgan fingerprint density at radius 3 is 2.96 bits per heavy atom. The number of β-amino-alcohol motifs (C(OH)–C–C–N with tert-alkyl or cyclic N) is 1. The molecule has 4 rings (SSSR count). The fraction of sp³-hybridized carbons (Fsp3) is 0.286. The lowest BCUT2D eigenvalue weighted by molar-refractivity contribution is 0.0469. The van der Waals surface area contributed by atoms with Gasteiger partial charge < -0.3 is 20.7 Å². The Bertz CT molecular complexity index is 1010. The van der Waals surface area contributed by atoms with Gasteiger partial charge in [0.15, 0.2) is 0 Å². The monoisotopic (exact) mass is 377 g/mol. The number of hydrogen-bond acceptors (Lipinski definition) is 5. The van der Waals surface area contributed by atoms with Crippen LogP contribution in [0.3, 0.4) is 0 Å². The van der Waals surface area contributed by atoms with E-state index in [2.05, 4.69) is 21.0 Å². The number of anilines is 1. The third-order valence-corrected chi connectivity index (χ3v) is 5.01. The van der Waals surface area contributed by atoms with Gasteiger partial charge in [0.25, 0.3) is 5.91 Å². The number of rotatable bonds is 3. The summed E-state index contributed by atoms with van der Waals surface area (Å²) >= 11 is 0. The molecule has 1 aliphatic rings. The summed E-state index contributed by atoms with van der Waals surface area (Å²) in [6.45, 7) is 3.04. The van der Waals surface area contributed by atoms with E-state index in [1.807, 2.05) is 25.1 Å². The predicted octanol–water partition coefficient (Wildman–Crippen LogP) is 2.63. The van der Waals surface area contributed by atoms with Gasteiger partial charge in [-0.25, -0.2) is 9.97 Å². The maximum absolute atomic E-state index is 12.8. The van der Waals surface area contributed by atoms with Crippen LogP contribution in [-0.2, 0) is 0 Å². The predicted molar refractivity (Wildman–Crippen MR) is 108 cm³/mol. The number of benzene rings is 1. The van der Waals surface area contributed by atoms with Crippen molar-refractivity contribution in [3.8, 4) is 22.4 Å². The minimum atomic E-state index is -0.457. The number of hydrogen-bond donors (Lipinski definition) is 3. The molecule has 4 N–H and O–H groups in total. The molecule has 7 heteroatoms. The first kappa shape index (κ1) is 18.2. The van der Waals surface area contributed by atoms with Gasteiger partial charge in [-0.2, -0.15) is 0 Å². The molecule has 1 amide bonds. The van der Waals surface area contributed by atoms with Crippen molar-refractivity contribution in [2.75, 3.05) is 18.8 Å². The topological polar surface area (TPSA) is 108 Å². The first-order valence-corrected chi connectivity index (χ1v) is 9.37. The van der Waals surface area contributed by atoms with Crippen LogP contribution in [-0.4, -0.2) is 50.1 Å². The number of nitrogens with two attached hydrogens (primary N) is 1. The van der Waals surface area contributed by atoms with E-state index in [9.17, 15) is 9.90 Å². The first-order chi connectivity index (χ1) is 13.5. The van der Waals surface area contributed by atoms with Gasteiger partial charge in [-0.1, -0.05) is 29.8 Å². The second-order valence-corrected chi connectivity index (χ2v) is 7.21. The maximum Gasteiger partial charge on any atom is 0.270 e. The number of aliphatic hydroxyl groups excluding tert-OH is 1. The van der Waals surface area contributed by atoms with Crippen LogP contribution >= 0.6 is 0 Å². The highest BCUT2D eigenvalue weighted by atomic mass is 16.3. The molecule has 0 bridgehead atoms. The number of aliphatic hydroxyl groups is 1. The number of amides is 1. The number of likely N-dealkylation sites (tertiary alicyclic amines) is 1. The van der Waals surface area contributed by atoms with Crippen molar-refractivity contribution in [1.29, 1.82) is 0 Å². The van der Waals surface area contributed by atoms with E-state index < -0.39 is 6.10 Å². The molecule has 28 heavy (non-hydrogen) atoms. The number of aromatic amines is 1. The van der Waals surface area contributed by atoms with Gasteiger partial charge in [0.2, 0.25) is 5.95 Å². The second kappa shape index (κ2) is 7.44. The Kier molecular flexibility index (Phi) is 4.83. The van der Waals surface area contributed by atoms with Gasteiger partial charge in [0, 0.05) is 36.6 Å². The summed E-state index contributed by atoms with van der Waals surface area (Å²) in [5.41, 5.74) is 10.7. The van der Waals surface area contributed by atoms with E-state index in [4.69, 9.17) is 5.73 Å². The SMILES string of the molecule is Cc1cccc(-c2cnc(N)nc2-c2c[nH]c(C(=O)N3CCCC(O)C3)c2)c1. The molecule has 0 aliphatic carbocycles. The summed E-state index contributed by atoms with van der Waals surface area (Å²) in [5.74, 6) is 0.0590. The summed E-state index contributed by atoms with van der Waals surface area (Å²) in [6.07, 6.45) is 4.55. The van der Waals surface area contributed by atoms with Crippen LogP contribution in [0.25, 0.3) is 22.4 Å². The van der Waals surface area contributed by atoms with Gasteiger partial charge in [-0.3, -0.25) is 4.79 Å². The lowest BCUT2D eigenvalue weighted by Crippen LogP contribution is -2.42. The van der Waals surface area contributed by atoms with Gasteiger partial charge in [-0.15, -0.1) is 0 Å². The second-order valence-electron chi connectivity index (χ2n) is 7.21. The first-order valence-electron chi connectivity index (χ1n) is 9.37. The molecular weight excluding hydrogens is 354 g/mol. The maximum atomic E-state index is 12.8. The van der Waals surface area contributed by atoms with Crippen molar-refractivity contribution < 1.29 is 9.90 Å². The lowest BCUT2D eigenvalue weighted by Gasteiger charge is -2.29. The molecule has 3 heterocycles. The number of nitrogen functional groups attached to an aromatic ring is 1. The molecule has 1 atom stereocenters. The number of aromatic nitrogens is 3. The average Bonchev–Trinajstić information content (AvgIpc) is 3.17. The van der Waals surface area contributed by atoms with Crippen LogP contribution < -0.4 is 5.73 Å². The molecule has 0 saturated carbocycles. The Labute approximate surface area is 163 Å². The quantitative estimate of drug-likeness (QED) is 0.650. The summed E-state index contributed by atoms with van der Waals surface area (Å²) in [4.78, 5) is 26.1. The Morgan fingerprint density at radius 2 is 2.18 bits per heavy atom. The number of nitrogens with zero attached hydrogens (tertiary/aromatic N) is 3. The zero-order chi connectivity index (χ0) is 19.7. The summed E-state index contributed by atoms with van der Waals surface area (Å²) in [7, 11) is 0. The molecule has 1 unspecified atom stereocenters. The van der Waals surface area contributed by atoms with Gasteiger partial charge in [0.05, 0.1) is 11.8 Å². The molecule has 1 aliphatic heterocycles. The van der Waals surface area contributed by atoms with Gasteiger partial charge in [0.1, 0.15) is 5.69 Å². The molecule has 144 valence electrons. The number of carbonyl (C=O) groups is 1. The molecular formula is C21H23N5O2. The van der Waals surface area contributed by atoms with Crippen LogP contribution in [0.2, 0.25) is 0 Å². The smallest absolute Gasteiger partial charge is 0.270 e. The molecule has 1 aromatic carbocycles. The minimum absolute atomic E-state index is 0.121. The van der Waals surface area contributed by atoms with Crippen LogP contribution in [0.4, 0.5) is 5.95 Å². The number of H-pyrrole nitrogens is 1. The summed E-state index contributed by atoms with van der Waals surface area (Å²) in [6, 6.07) is 9.86.